The second kappa shape index (κ2) is 7.31. The van der Waals surface area contributed by atoms with Gasteiger partial charge in [-0.05, 0) is 42.3 Å². The predicted molar refractivity (Wildman–Crippen MR) is 79.8 cm³/mol. The lowest BCUT2D eigenvalue weighted by molar-refractivity contribution is -0.137. The molecule has 5 heteroatoms. The van der Waals surface area contributed by atoms with Crippen molar-refractivity contribution < 1.29 is 17.9 Å². The fraction of sp³-hybridized carbons (Fsp3) is 0.294. The molecule has 22 heavy (non-hydrogen) atoms. The number of alkyl halides is 3. The highest BCUT2D eigenvalue weighted by molar-refractivity contribution is 5.33. The van der Waals surface area contributed by atoms with Gasteiger partial charge in [-0.25, -0.2) is 0 Å². The van der Waals surface area contributed by atoms with Gasteiger partial charge in [0.05, 0.1) is 12.7 Å². The van der Waals surface area contributed by atoms with Crippen molar-refractivity contribution in [2.45, 2.75) is 19.1 Å². The van der Waals surface area contributed by atoms with Crippen molar-refractivity contribution in [3.05, 3.63) is 65.2 Å². The van der Waals surface area contributed by atoms with Crippen molar-refractivity contribution in [2.75, 3.05) is 13.7 Å². The van der Waals surface area contributed by atoms with E-state index in [-0.39, 0.29) is 0 Å². The number of benzene rings is 2. The highest BCUT2D eigenvalue weighted by Crippen LogP contribution is 2.29. The third kappa shape index (κ3) is 4.49. The number of hydrogen-bond acceptors (Lipinski definition) is 2. The van der Waals surface area contributed by atoms with E-state index < -0.39 is 11.7 Å². The van der Waals surface area contributed by atoms with Crippen LogP contribution in [0.2, 0.25) is 0 Å². The van der Waals surface area contributed by atoms with Crippen molar-refractivity contribution in [3.8, 4) is 5.75 Å². The number of ether oxygens (including phenoxy) is 1. The van der Waals surface area contributed by atoms with Gasteiger partial charge in [-0.1, -0.05) is 30.3 Å². The number of nitrogens with one attached hydrogen (secondary N) is 1. The van der Waals surface area contributed by atoms with Gasteiger partial charge >= 0.3 is 6.18 Å². The SMILES string of the molecule is COc1ccccc1CCNCc1ccc(C(F)(F)F)cc1. The first-order valence-electron chi connectivity index (χ1n) is 6.99. The predicted octanol–water partition coefficient (Wildman–Crippen LogP) is 4.05. The van der Waals surface area contributed by atoms with Gasteiger partial charge in [-0.15, -0.1) is 0 Å². The summed E-state index contributed by atoms with van der Waals surface area (Å²) in [7, 11) is 1.63. The number of rotatable bonds is 6. The Hall–Kier alpha value is -2.01. The molecule has 0 saturated heterocycles. The van der Waals surface area contributed by atoms with Crippen molar-refractivity contribution in [1.82, 2.24) is 5.32 Å². The van der Waals surface area contributed by atoms with Gasteiger partial charge in [-0.2, -0.15) is 13.2 Å². The van der Waals surface area contributed by atoms with Gasteiger partial charge in [0, 0.05) is 6.54 Å². The first-order chi connectivity index (χ1) is 10.5. The molecule has 0 bridgehead atoms. The molecule has 0 aromatic heterocycles. The average molecular weight is 309 g/mol. The zero-order chi connectivity index (χ0) is 16.0. The molecule has 0 atom stereocenters. The number of hydrogen-bond donors (Lipinski definition) is 1. The molecule has 2 rings (SSSR count). The maximum atomic E-state index is 12.5. The lowest BCUT2D eigenvalue weighted by Crippen LogP contribution is -2.17. The molecule has 0 aliphatic rings. The van der Waals surface area contributed by atoms with E-state index in [4.69, 9.17) is 4.74 Å². The third-order valence-corrected chi connectivity index (χ3v) is 3.37. The van der Waals surface area contributed by atoms with E-state index in [2.05, 4.69) is 5.32 Å². The fourth-order valence-electron chi connectivity index (χ4n) is 2.18. The zero-order valence-electron chi connectivity index (χ0n) is 12.3. The molecular weight excluding hydrogens is 291 g/mol. The molecule has 0 heterocycles. The molecule has 2 nitrogen and oxygen atoms in total. The Kier molecular flexibility index (Phi) is 5.44. The van der Waals surface area contributed by atoms with Crippen LogP contribution in [-0.4, -0.2) is 13.7 Å². The Morgan fingerprint density at radius 3 is 2.32 bits per heavy atom. The van der Waals surface area contributed by atoms with Crippen LogP contribution in [0.1, 0.15) is 16.7 Å². The minimum absolute atomic E-state index is 0.535. The topological polar surface area (TPSA) is 21.3 Å². The second-order valence-corrected chi connectivity index (χ2v) is 4.93. The molecule has 0 amide bonds. The quantitative estimate of drug-likeness (QED) is 0.813. The maximum Gasteiger partial charge on any atom is 0.416 e. The molecule has 2 aromatic carbocycles. The normalized spacial score (nSPS) is 11.5. The second-order valence-electron chi connectivity index (χ2n) is 4.93. The van der Waals surface area contributed by atoms with Gasteiger partial charge < -0.3 is 10.1 Å². The lowest BCUT2D eigenvalue weighted by atomic mass is 10.1. The molecule has 0 spiro atoms. The lowest BCUT2D eigenvalue weighted by Gasteiger charge is -2.10. The summed E-state index contributed by atoms with van der Waals surface area (Å²) >= 11 is 0. The van der Waals surface area contributed by atoms with Gasteiger partial charge in [0.2, 0.25) is 0 Å². The van der Waals surface area contributed by atoms with Crippen molar-refractivity contribution in [3.63, 3.8) is 0 Å². The highest BCUT2D eigenvalue weighted by Gasteiger charge is 2.29. The summed E-state index contributed by atoms with van der Waals surface area (Å²) in [6, 6.07) is 13.0. The summed E-state index contributed by atoms with van der Waals surface area (Å²) in [6.07, 6.45) is -3.49. The molecule has 0 fully saturated rings. The van der Waals surface area contributed by atoms with Crippen molar-refractivity contribution >= 4 is 0 Å². The summed E-state index contributed by atoms with van der Waals surface area (Å²) in [6.45, 7) is 1.26. The van der Waals surface area contributed by atoms with Crippen molar-refractivity contribution in [1.29, 1.82) is 0 Å². The van der Waals surface area contributed by atoms with Crippen LogP contribution in [0, 0.1) is 0 Å². The first-order valence-corrected chi connectivity index (χ1v) is 6.99. The van der Waals surface area contributed by atoms with Crippen LogP contribution >= 0.6 is 0 Å². The van der Waals surface area contributed by atoms with E-state index in [1.807, 2.05) is 24.3 Å². The Morgan fingerprint density at radius 2 is 1.68 bits per heavy atom. The minimum Gasteiger partial charge on any atom is -0.496 e. The maximum absolute atomic E-state index is 12.5. The van der Waals surface area contributed by atoms with E-state index in [9.17, 15) is 13.2 Å². The van der Waals surface area contributed by atoms with E-state index in [0.717, 1.165) is 42.0 Å². The Morgan fingerprint density at radius 1 is 1.00 bits per heavy atom. The van der Waals surface area contributed by atoms with E-state index in [1.54, 1.807) is 7.11 Å². The monoisotopic (exact) mass is 309 g/mol. The van der Waals surface area contributed by atoms with Crippen LogP contribution in [0.5, 0.6) is 5.75 Å². The van der Waals surface area contributed by atoms with Crippen LogP contribution in [-0.2, 0) is 19.1 Å². The van der Waals surface area contributed by atoms with E-state index >= 15 is 0 Å². The van der Waals surface area contributed by atoms with Gasteiger partial charge in [0.25, 0.3) is 0 Å². The van der Waals surface area contributed by atoms with Crippen molar-refractivity contribution in [2.24, 2.45) is 0 Å². The molecule has 0 unspecified atom stereocenters. The molecular formula is C17H18F3NO. The summed E-state index contributed by atoms with van der Waals surface area (Å²) in [5.74, 6) is 0.846. The van der Waals surface area contributed by atoms with Crippen LogP contribution in [0.4, 0.5) is 13.2 Å². The molecule has 1 N–H and O–H groups in total. The van der Waals surface area contributed by atoms with Crippen LogP contribution in [0.15, 0.2) is 48.5 Å². The van der Waals surface area contributed by atoms with Crippen LogP contribution in [0.3, 0.4) is 0 Å². The largest absolute Gasteiger partial charge is 0.496 e. The summed E-state index contributed by atoms with van der Waals surface area (Å²) in [4.78, 5) is 0. The Labute approximate surface area is 127 Å². The molecule has 118 valence electrons. The highest BCUT2D eigenvalue weighted by atomic mass is 19.4. The zero-order valence-corrected chi connectivity index (χ0v) is 12.3. The molecule has 0 saturated carbocycles. The van der Waals surface area contributed by atoms with E-state index in [0.29, 0.717) is 6.54 Å². The number of methoxy groups -OCH3 is 1. The molecule has 0 aliphatic heterocycles. The Balaban J connectivity index is 1.82. The first kappa shape index (κ1) is 16.4. The Bertz CT molecular complexity index is 594. The summed E-state index contributed by atoms with van der Waals surface area (Å²) in [5, 5.41) is 3.22. The van der Waals surface area contributed by atoms with Crippen LogP contribution in [0.25, 0.3) is 0 Å². The van der Waals surface area contributed by atoms with Gasteiger partial charge in [-0.3, -0.25) is 0 Å². The van der Waals surface area contributed by atoms with E-state index in [1.165, 1.54) is 12.1 Å². The molecule has 0 aliphatic carbocycles. The number of para-hydroxylation sites is 1. The third-order valence-electron chi connectivity index (χ3n) is 3.37. The molecule has 0 radical (unpaired) electrons. The minimum atomic E-state index is -4.28. The standard InChI is InChI=1S/C17H18F3NO/c1-22-16-5-3-2-4-14(16)10-11-21-12-13-6-8-15(9-7-13)17(18,19)20/h2-9,21H,10-12H2,1H3. The molecule has 2 aromatic rings. The van der Waals surface area contributed by atoms with Gasteiger partial charge in [0.1, 0.15) is 5.75 Å². The summed E-state index contributed by atoms with van der Waals surface area (Å²) < 4.78 is 42.6. The van der Waals surface area contributed by atoms with Gasteiger partial charge in [0.15, 0.2) is 0 Å². The average Bonchev–Trinajstić information content (AvgIpc) is 2.51. The summed E-state index contributed by atoms with van der Waals surface area (Å²) in [5.41, 5.74) is 1.31. The smallest absolute Gasteiger partial charge is 0.416 e. The number of halogens is 3. The van der Waals surface area contributed by atoms with Crippen LogP contribution < -0.4 is 10.1 Å². The fourth-order valence-corrected chi connectivity index (χ4v) is 2.18.